The zero-order chi connectivity index (χ0) is 11.1. The van der Waals surface area contributed by atoms with Crippen LogP contribution in [-0.4, -0.2) is 25.8 Å². The van der Waals surface area contributed by atoms with E-state index in [0.717, 1.165) is 6.07 Å². The molecule has 0 spiro atoms. The minimum absolute atomic E-state index is 0.0471. The first kappa shape index (κ1) is 10.2. The van der Waals surface area contributed by atoms with Crippen LogP contribution in [0, 0.1) is 0 Å². The molecule has 0 saturated carbocycles. The number of halogens is 3. The summed E-state index contributed by atoms with van der Waals surface area (Å²) < 4.78 is 38.0. The number of hydrogen-bond donors (Lipinski definition) is 0. The van der Waals surface area contributed by atoms with Crippen LogP contribution < -0.4 is 0 Å². The summed E-state index contributed by atoms with van der Waals surface area (Å²) in [6.45, 7) is 0. The van der Waals surface area contributed by atoms with E-state index in [2.05, 4.69) is 15.1 Å². The molecule has 0 aliphatic carbocycles. The first-order valence-electron chi connectivity index (χ1n) is 3.85. The Labute approximate surface area is 86.5 Å². The minimum atomic E-state index is -4.45. The smallest absolute Gasteiger partial charge is 0.206 e. The highest BCUT2D eigenvalue weighted by Crippen LogP contribution is 2.27. The fraction of sp³-hybridized carbons (Fsp3) is 0.286. The zero-order valence-electron chi connectivity index (χ0n) is 7.49. The van der Waals surface area contributed by atoms with Gasteiger partial charge in [0.25, 0.3) is 5.78 Å². The fourth-order valence-electron chi connectivity index (χ4n) is 1.00. The van der Waals surface area contributed by atoms with Crippen molar-refractivity contribution in [2.75, 3.05) is 6.26 Å². The Hall–Kier alpha value is -1.31. The summed E-state index contributed by atoms with van der Waals surface area (Å²) in [6.07, 6.45) is -1.52. The molecule has 2 aromatic rings. The molecule has 0 bridgehead atoms. The average molecular weight is 234 g/mol. The standard InChI is InChI=1S/C7H5F3N4S/c1-15-6-12-5-11-4(7(8,9)10)2-3-14(5)13-6/h2-3H,1H3. The number of thioether (sulfide) groups is 1. The lowest BCUT2D eigenvalue weighted by Gasteiger charge is -2.03. The number of aromatic nitrogens is 4. The molecule has 0 amide bonds. The second-order valence-electron chi connectivity index (χ2n) is 2.65. The summed E-state index contributed by atoms with van der Waals surface area (Å²) in [7, 11) is 0. The van der Waals surface area contributed by atoms with Gasteiger partial charge in [0, 0.05) is 6.20 Å². The molecule has 0 aliphatic heterocycles. The molecular weight excluding hydrogens is 229 g/mol. The van der Waals surface area contributed by atoms with Gasteiger partial charge in [-0.3, -0.25) is 0 Å². The molecule has 0 saturated heterocycles. The molecule has 0 fully saturated rings. The van der Waals surface area contributed by atoms with Crippen LogP contribution in [0.2, 0.25) is 0 Å². The molecule has 8 heteroatoms. The van der Waals surface area contributed by atoms with Crippen LogP contribution in [0.4, 0.5) is 13.2 Å². The van der Waals surface area contributed by atoms with Crippen LogP contribution in [0.1, 0.15) is 5.69 Å². The first-order valence-corrected chi connectivity index (χ1v) is 5.08. The third-order valence-electron chi connectivity index (χ3n) is 1.66. The van der Waals surface area contributed by atoms with Gasteiger partial charge in [0.1, 0.15) is 5.69 Å². The topological polar surface area (TPSA) is 43.1 Å². The van der Waals surface area contributed by atoms with Gasteiger partial charge < -0.3 is 0 Å². The van der Waals surface area contributed by atoms with Crippen molar-refractivity contribution in [3.63, 3.8) is 0 Å². The molecule has 15 heavy (non-hydrogen) atoms. The number of rotatable bonds is 1. The summed E-state index contributed by atoms with van der Waals surface area (Å²) in [5, 5.41) is 4.28. The molecule has 4 nitrogen and oxygen atoms in total. The predicted molar refractivity (Wildman–Crippen MR) is 47.6 cm³/mol. The maximum Gasteiger partial charge on any atom is 0.433 e. The lowest BCUT2D eigenvalue weighted by molar-refractivity contribution is -0.141. The molecule has 2 heterocycles. The van der Waals surface area contributed by atoms with Crippen molar-refractivity contribution in [2.45, 2.75) is 11.3 Å². The van der Waals surface area contributed by atoms with Crippen LogP contribution in [0.3, 0.4) is 0 Å². The third kappa shape index (κ3) is 1.89. The van der Waals surface area contributed by atoms with E-state index in [0.29, 0.717) is 5.16 Å². The highest BCUT2D eigenvalue weighted by molar-refractivity contribution is 7.98. The van der Waals surface area contributed by atoms with Crippen LogP contribution in [0.5, 0.6) is 0 Å². The molecular formula is C7H5F3N4S. The Balaban J connectivity index is 2.55. The molecule has 80 valence electrons. The molecule has 2 rings (SSSR count). The Bertz CT molecular complexity index is 492. The van der Waals surface area contributed by atoms with Gasteiger partial charge >= 0.3 is 6.18 Å². The number of fused-ring (bicyclic) bond motifs is 1. The number of hydrogen-bond acceptors (Lipinski definition) is 4. The van der Waals surface area contributed by atoms with Crippen molar-refractivity contribution in [3.8, 4) is 0 Å². The lowest BCUT2D eigenvalue weighted by Crippen LogP contribution is -2.09. The van der Waals surface area contributed by atoms with E-state index in [1.54, 1.807) is 6.26 Å². The van der Waals surface area contributed by atoms with E-state index in [-0.39, 0.29) is 5.78 Å². The molecule has 0 atom stereocenters. The van der Waals surface area contributed by atoms with Crippen molar-refractivity contribution in [2.24, 2.45) is 0 Å². The van der Waals surface area contributed by atoms with Crippen molar-refractivity contribution in [3.05, 3.63) is 18.0 Å². The van der Waals surface area contributed by atoms with E-state index in [1.165, 1.54) is 22.5 Å². The summed E-state index contributed by atoms with van der Waals surface area (Å²) in [5.74, 6) is -0.0471. The largest absolute Gasteiger partial charge is 0.433 e. The highest BCUT2D eigenvalue weighted by Gasteiger charge is 2.32. The van der Waals surface area contributed by atoms with Gasteiger partial charge in [-0.2, -0.15) is 18.2 Å². The van der Waals surface area contributed by atoms with Crippen LogP contribution in [0.15, 0.2) is 17.4 Å². The first-order chi connectivity index (χ1) is 7.00. The lowest BCUT2D eigenvalue weighted by atomic mass is 10.4. The maximum absolute atomic E-state index is 12.3. The Kier molecular flexibility index (Phi) is 2.29. The van der Waals surface area contributed by atoms with Gasteiger partial charge in [-0.1, -0.05) is 11.8 Å². The number of alkyl halides is 3. The third-order valence-corrected chi connectivity index (χ3v) is 2.20. The van der Waals surface area contributed by atoms with Crippen LogP contribution in [-0.2, 0) is 6.18 Å². The normalized spacial score (nSPS) is 12.3. The zero-order valence-corrected chi connectivity index (χ0v) is 8.30. The molecule has 0 N–H and O–H groups in total. The maximum atomic E-state index is 12.3. The second kappa shape index (κ2) is 3.37. The van der Waals surface area contributed by atoms with Gasteiger partial charge in [-0.15, -0.1) is 5.10 Å². The minimum Gasteiger partial charge on any atom is -0.206 e. The van der Waals surface area contributed by atoms with E-state index in [4.69, 9.17) is 0 Å². The summed E-state index contributed by atoms with van der Waals surface area (Å²) in [4.78, 5) is 7.18. The van der Waals surface area contributed by atoms with Gasteiger partial charge in [-0.05, 0) is 12.3 Å². The predicted octanol–water partition coefficient (Wildman–Crippen LogP) is 1.86. The van der Waals surface area contributed by atoms with Crippen molar-refractivity contribution < 1.29 is 13.2 Å². The molecule has 0 aromatic carbocycles. The van der Waals surface area contributed by atoms with E-state index < -0.39 is 11.9 Å². The SMILES string of the molecule is CSc1nc2nc(C(F)(F)F)ccn2n1. The van der Waals surface area contributed by atoms with Crippen molar-refractivity contribution >= 4 is 17.5 Å². The molecule has 0 aliphatic rings. The quantitative estimate of drug-likeness (QED) is 0.706. The Morgan fingerprint density at radius 2 is 2.07 bits per heavy atom. The summed E-state index contributed by atoms with van der Waals surface area (Å²) in [6, 6.07) is 0.867. The van der Waals surface area contributed by atoms with Gasteiger partial charge in [0.05, 0.1) is 0 Å². The van der Waals surface area contributed by atoms with Crippen LogP contribution in [0.25, 0.3) is 5.78 Å². The van der Waals surface area contributed by atoms with E-state index in [1.807, 2.05) is 0 Å². The monoisotopic (exact) mass is 234 g/mol. The number of nitrogens with zero attached hydrogens (tertiary/aromatic N) is 4. The highest BCUT2D eigenvalue weighted by atomic mass is 32.2. The summed E-state index contributed by atoms with van der Waals surface area (Å²) >= 11 is 1.24. The second-order valence-corrected chi connectivity index (χ2v) is 3.43. The summed E-state index contributed by atoms with van der Waals surface area (Å²) in [5.41, 5.74) is -0.963. The average Bonchev–Trinajstić information content (AvgIpc) is 2.57. The van der Waals surface area contributed by atoms with Gasteiger partial charge in [0.15, 0.2) is 0 Å². The van der Waals surface area contributed by atoms with Crippen molar-refractivity contribution in [1.82, 2.24) is 19.6 Å². The van der Waals surface area contributed by atoms with Gasteiger partial charge in [0.2, 0.25) is 5.16 Å². The van der Waals surface area contributed by atoms with Crippen LogP contribution >= 0.6 is 11.8 Å². The molecule has 2 aromatic heterocycles. The molecule has 0 radical (unpaired) electrons. The van der Waals surface area contributed by atoms with Gasteiger partial charge in [-0.25, -0.2) is 9.50 Å². The van der Waals surface area contributed by atoms with E-state index in [9.17, 15) is 13.2 Å². The fourth-order valence-corrected chi connectivity index (χ4v) is 1.35. The Morgan fingerprint density at radius 3 is 2.67 bits per heavy atom. The van der Waals surface area contributed by atoms with Crippen molar-refractivity contribution in [1.29, 1.82) is 0 Å². The van der Waals surface area contributed by atoms with E-state index >= 15 is 0 Å². The molecule has 0 unspecified atom stereocenters. The Morgan fingerprint density at radius 1 is 1.33 bits per heavy atom.